The smallest absolute Gasteiger partial charge is 0.408 e. The predicted octanol–water partition coefficient (Wildman–Crippen LogP) is 2.48. The Balaban J connectivity index is 2.59. The zero-order valence-corrected chi connectivity index (χ0v) is 16.5. The summed E-state index contributed by atoms with van der Waals surface area (Å²) in [6, 6.07) is 7.70. The summed E-state index contributed by atoms with van der Waals surface area (Å²) in [7, 11) is 0. The molecule has 2 unspecified atom stereocenters. The normalized spacial score (nSPS) is 13.5. The van der Waals surface area contributed by atoms with Crippen LogP contribution in [0.15, 0.2) is 42.1 Å². The van der Waals surface area contributed by atoms with Gasteiger partial charge in [-0.25, -0.2) is 4.79 Å². The molecule has 0 aliphatic heterocycles. The maximum atomic E-state index is 12.5. The minimum atomic E-state index is -0.814. The summed E-state index contributed by atoms with van der Waals surface area (Å²) in [5.41, 5.74) is 1.55. The van der Waals surface area contributed by atoms with E-state index in [2.05, 4.69) is 16.0 Å². The number of nitrogens with one attached hydrogen (secondary N) is 3. The highest BCUT2D eigenvalue weighted by Crippen LogP contribution is 2.05. The third-order valence-electron chi connectivity index (χ3n) is 3.94. The Bertz CT molecular complexity index is 671. The maximum absolute atomic E-state index is 12.5. The fourth-order valence-electron chi connectivity index (χ4n) is 2.17. The van der Waals surface area contributed by atoms with Gasteiger partial charge < -0.3 is 20.7 Å². The van der Waals surface area contributed by atoms with E-state index in [4.69, 9.17) is 4.74 Å². The molecule has 148 valence electrons. The molecule has 7 nitrogen and oxygen atoms in total. The van der Waals surface area contributed by atoms with Gasteiger partial charge in [-0.1, -0.05) is 50.3 Å². The number of hydrogen-bond donors (Lipinski definition) is 3. The SMILES string of the molecule is CC=C(C)NC(=O)C(C)NC(=O)C(NC(=O)OCc1ccccc1)C(C)C. The zero-order valence-electron chi connectivity index (χ0n) is 16.5. The summed E-state index contributed by atoms with van der Waals surface area (Å²) in [5, 5.41) is 7.87. The molecule has 0 saturated heterocycles. The molecular formula is C20H29N3O4. The van der Waals surface area contributed by atoms with Crippen molar-refractivity contribution in [3.8, 4) is 0 Å². The van der Waals surface area contributed by atoms with E-state index in [9.17, 15) is 14.4 Å². The highest BCUT2D eigenvalue weighted by Gasteiger charge is 2.27. The second-order valence-electron chi connectivity index (χ2n) is 6.62. The molecule has 0 heterocycles. The summed E-state index contributed by atoms with van der Waals surface area (Å²) >= 11 is 0. The van der Waals surface area contributed by atoms with Crippen molar-refractivity contribution in [2.75, 3.05) is 0 Å². The second kappa shape index (κ2) is 11.0. The summed E-state index contributed by atoms with van der Waals surface area (Å²) in [6.45, 7) is 8.86. The van der Waals surface area contributed by atoms with Crippen molar-refractivity contribution in [1.29, 1.82) is 0 Å². The number of hydrogen-bond acceptors (Lipinski definition) is 4. The fraction of sp³-hybridized carbons (Fsp3) is 0.450. The molecule has 7 heteroatoms. The van der Waals surface area contributed by atoms with Crippen molar-refractivity contribution in [1.82, 2.24) is 16.0 Å². The lowest BCUT2D eigenvalue weighted by atomic mass is 10.0. The molecular weight excluding hydrogens is 346 g/mol. The number of ether oxygens (including phenoxy) is 1. The number of allylic oxidation sites excluding steroid dienone is 2. The first-order valence-electron chi connectivity index (χ1n) is 8.96. The van der Waals surface area contributed by atoms with Crippen molar-refractivity contribution in [2.45, 2.75) is 53.3 Å². The molecule has 0 radical (unpaired) electrons. The zero-order chi connectivity index (χ0) is 20.4. The standard InChI is InChI=1S/C20H29N3O4/c1-6-14(4)21-18(24)15(5)22-19(25)17(13(2)3)23-20(26)27-12-16-10-8-7-9-11-16/h6-11,13,15,17H,12H2,1-5H3,(H,21,24)(H,22,25)(H,23,26). The Morgan fingerprint density at radius 2 is 1.67 bits per heavy atom. The molecule has 0 spiro atoms. The van der Waals surface area contributed by atoms with Crippen LogP contribution >= 0.6 is 0 Å². The van der Waals surface area contributed by atoms with Crippen LogP contribution < -0.4 is 16.0 Å². The number of benzene rings is 1. The van der Waals surface area contributed by atoms with Crippen molar-refractivity contribution in [2.24, 2.45) is 5.92 Å². The summed E-state index contributed by atoms with van der Waals surface area (Å²) in [4.78, 5) is 36.6. The molecule has 0 aliphatic carbocycles. The van der Waals surface area contributed by atoms with Gasteiger partial charge in [0.25, 0.3) is 0 Å². The first-order chi connectivity index (χ1) is 12.7. The molecule has 27 heavy (non-hydrogen) atoms. The number of alkyl carbamates (subject to hydrolysis) is 1. The average molecular weight is 375 g/mol. The van der Waals surface area contributed by atoms with Crippen molar-refractivity contribution in [3.63, 3.8) is 0 Å². The van der Waals surface area contributed by atoms with Crippen LogP contribution in [-0.2, 0) is 20.9 Å². The molecule has 0 fully saturated rings. The highest BCUT2D eigenvalue weighted by atomic mass is 16.5. The van der Waals surface area contributed by atoms with Gasteiger partial charge in [-0.3, -0.25) is 9.59 Å². The maximum Gasteiger partial charge on any atom is 0.408 e. The first-order valence-corrected chi connectivity index (χ1v) is 8.96. The second-order valence-corrected chi connectivity index (χ2v) is 6.62. The Labute approximate surface area is 160 Å². The molecule has 1 rings (SSSR count). The number of carbonyl (C=O) groups excluding carboxylic acids is 3. The molecule has 2 atom stereocenters. The average Bonchev–Trinajstić information content (AvgIpc) is 2.64. The van der Waals surface area contributed by atoms with Crippen LogP contribution in [0.1, 0.15) is 40.2 Å². The molecule has 1 aromatic carbocycles. The van der Waals surface area contributed by atoms with Gasteiger partial charge in [-0.2, -0.15) is 0 Å². The lowest BCUT2D eigenvalue weighted by Crippen LogP contribution is -2.54. The number of carbonyl (C=O) groups is 3. The van der Waals surface area contributed by atoms with E-state index in [0.717, 1.165) is 5.56 Å². The molecule has 3 amide bonds. The van der Waals surface area contributed by atoms with Crippen molar-refractivity contribution in [3.05, 3.63) is 47.7 Å². The Morgan fingerprint density at radius 3 is 2.22 bits per heavy atom. The quantitative estimate of drug-likeness (QED) is 0.650. The van der Waals surface area contributed by atoms with Crippen LogP contribution in [0.5, 0.6) is 0 Å². The van der Waals surface area contributed by atoms with Gasteiger partial charge in [0.05, 0.1) is 0 Å². The third-order valence-corrected chi connectivity index (χ3v) is 3.94. The first kappa shape index (κ1) is 22.2. The van der Waals surface area contributed by atoms with Gasteiger partial charge in [-0.05, 0) is 32.3 Å². The van der Waals surface area contributed by atoms with Gasteiger partial charge in [0.1, 0.15) is 18.7 Å². The number of amides is 3. The van der Waals surface area contributed by atoms with Gasteiger partial charge in [0.15, 0.2) is 0 Å². The van der Waals surface area contributed by atoms with Gasteiger partial charge in [0, 0.05) is 5.70 Å². The summed E-state index contributed by atoms with van der Waals surface area (Å²) in [5.74, 6) is -0.947. The van der Waals surface area contributed by atoms with Gasteiger partial charge >= 0.3 is 6.09 Å². The molecule has 0 saturated carbocycles. The lowest BCUT2D eigenvalue weighted by molar-refractivity contribution is -0.129. The van der Waals surface area contributed by atoms with E-state index >= 15 is 0 Å². The Morgan fingerprint density at radius 1 is 1.04 bits per heavy atom. The Hall–Kier alpha value is -2.83. The van der Waals surface area contributed by atoms with Gasteiger partial charge in [-0.15, -0.1) is 0 Å². The van der Waals surface area contributed by atoms with Gasteiger partial charge in [0.2, 0.25) is 11.8 Å². The third kappa shape index (κ3) is 7.94. The van der Waals surface area contributed by atoms with E-state index in [1.54, 1.807) is 40.7 Å². The topological polar surface area (TPSA) is 96.5 Å². The van der Waals surface area contributed by atoms with E-state index in [0.29, 0.717) is 5.70 Å². The minimum Gasteiger partial charge on any atom is -0.445 e. The van der Waals surface area contributed by atoms with Crippen molar-refractivity contribution < 1.29 is 19.1 Å². The van der Waals surface area contributed by atoms with Crippen LogP contribution in [0.4, 0.5) is 4.79 Å². The molecule has 0 bridgehead atoms. The van der Waals surface area contributed by atoms with Crippen LogP contribution in [-0.4, -0.2) is 30.0 Å². The van der Waals surface area contributed by atoms with Crippen LogP contribution in [0.3, 0.4) is 0 Å². The van der Waals surface area contributed by atoms with Crippen LogP contribution in [0.25, 0.3) is 0 Å². The van der Waals surface area contributed by atoms with Crippen LogP contribution in [0, 0.1) is 5.92 Å². The van der Waals surface area contributed by atoms with Crippen LogP contribution in [0.2, 0.25) is 0 Å². The Kier molecular flexibility index (Phi) is 9.05. The van der Waals surface area contributed by atoms with E-state index < -0.39 is 24.1 Å². The largest absolute Gasteiger partial charge is 0.445 e. The summed E-state index contributed by atoms with van der Waals surface area (Å²) in [6.07, 6.45) is 1.07. The lowest BCUT2D eigenvalue weighted by Gasteiger charge is -2.23. The molecule has 0 aliphatic rings. The van der Waals surface area contributed by atoms with E-state index in [1.165, 1.54) is 0 Å². The summed E-state index contributed by atoms with van der Waals surface area (Å²) < 4.78 is 5.16. The van der Waals surface area contributed by atoms with E-state index in [1.807, 2.05) is 30.3 Å². The monoisotopic (exact) mass is 375 g/mol. The predicted molar refractivity (Wildman–Crippen MR) is 104 cm³/mol. The highest BCUT2D eigenvalue weighted by molar-refractivity contribution is 5.91. The van der Waals surface area contributed by atoms with E-state index in [-0.39, 0.29) is 18.4 Å². The fourth-order valence-corrected chi connectivity index (χ4v) is 2.17. The minimum absolute atomic E-state index is 0.112. The molecule has 3 N–H and O–H groups in total. The molecule has 1 aromatic rings. The molecule has 0 aromatic heterocycles. The number of rotatable bonds is 8. The van der Waals surface area contributed by atoms with Crippen molar-refractivity contribution >= 4 is 17.9 Å².